The SMILES string of the molecule is C=CCN(CC=C)C(=O)c1c(C)c(C(=O)N(CC=C)CC=C)c(I)c(N)c1I. The zero-order chi connectivity index (χ0) is 21.4. The first-order valence-electron chi connectivity index (χ1n) is 8.55. The van der Waals surface area contributed by atoms with E-state index in [9.17, 15) is 9.59 Å². The number of rotatable bonds is 10. The fourth-order valence-corrected chi connectivity index (χ4v) is 5.07. The average molecular weight is 605 g/mol. The number of hydrogen-bond acceptors (Lipinski definition) is 3. The van der Waals surface area contributed by atoms with Crippen LogP contribution in [-0.2, 0) is 0 Å². The number of nitrogens with zero attached hydrogens (tertiary/aromatic N) is 2. The van der Waals surface area contributed by atoms with Crippen molar-refractivity contribution >= 4 is 62.7 Å². The van der Waals surface area contributed by atoms with Crippen LogP contribution in [0, 0.1) is 14.1 Å². The number of nitrogens with two attached hydrogens (primary N) is 1. The molecule has 1 aromatic rings. The lowest BCUT2D eigenvalue weighted by Crippen LogP contribution is -2.35. The largest absolute Gasteiger partial charge is 0.397 e. The van der Waals surface area contributed by atoms with Crippen LogP contribution in [0.1, 0.15) is 26.3 Å². The first-order chi connectivity index (χ1) is 13.3. The molecule has 0 heterocycles. The highest BCUT2D eigenvalue weighted by atomic mass is 127. The summed E-state index contributed by atoms with van der Waals surface area (Å²) in [6, 6.07) is 0. The quantitative estimate of drug-likeness (QED) is 0.244. The Morgan fingerprint density at radius 2 is 1.11 bits per heavy atom. The summed E-state index contributed by atoms with van der Waals surface area (Å²) < 4.78 is 1.27. The average Bonchev–Trinajstić information content (AvgIpc) is 2.66. The minimum atomic E-state index is -0.210. The number of hydrogen-bond donors (Lipinski definition) is 1. The van der Waals surface area contributed by atoms with Gasteiger partial charge in [-0.2, -0.15) is 0 Å². The van der Waals surface area contributed by atoms with Crippen molar-refractivity contribution in [1.29, 1.82) is 0 Å². The van der Waals surface area contributed by atoms with Gasteiger partial charge in [0.1, 0.15) is 0 Å². The van der Waals surface area contributed by atoms with Gasteiger partial charge < -0.3 is 15.5 Å². The molecule has 2 N–H and O–H groups in total. The van der Waals surface area contributed by atoms with Gasteiger partial charge in [0.15, 0.2) is 0 Å². The van der Waals surface area contributed by atoms with Crippen molar-refractivity contribution in [3.63, 3.8) is 0 Å². The molecule has 0 unspecified atom stereocenters. The van der Waals surface area contributed by atoms with Gasteiger partial charge in [0.2, 0.25) is 0 Å². The van der Waals surface area contributed by atoms with Gasteiger partial charge in [0.25, 0.3) is 11.8 Å². The van der Waals surface area contributed by atoms with E-state index in [1.807, 2.05) is 0 Å². The molecule has 0 radical (unpaired) electrons. The molecule has 0 saturated heterocycles. The van der Waals surface area contributed by atoms with E-state index in [1.165, 1.54) is 0 Å². The van der Waals surface area contributed by atoms with Crippen molar-refractivity contribution < 1.29 is 9.59 Å². The zero-order valence-electron chi connectivity index (χ0n) is 16.0. The van der Waals surface area contributed by atoms with E-state index in [4.69, 9.17) is 5.73 Å². The minimum Gasteiger partial charge on any atom is -0.397 e. The number of carbonyl (C=O) groups excluding carboxylic acids is 2. The maximum Gasteiger partial charge on any atom is 0.255 e. The van der Waals surface area contributed by atoms with Gasteiger partial charge in [-0.05, 0) is 57.7 Å². The van der Waals surface area contributed by atoms with Crippen LogP contribution in [0.4, 0.5) is 5.69 Å². The van der Waals surface area contributed by atoms with Crippen molar-refractivity contribution in [2.75, 3.05) is 31.9 Å². The fraction of sp³-hybridized carbons (Fsp3) is 0.238. The van der Waals surface area contributed by atoms with Gasteiger partial charge in [-0.15, -0.1) is 26.3 Å². The summed E-state index contributed by atoms with van der Waals surface area (Å²) >= 11 is 4.13. The van der Waals surface area contributed by atoms with Gasteiger partial charge in [-0.25, -0.2) is 0 Å². The molecule has 1 aromatic carbocycles. The molecule has 0 aliphatic heterocycles. The highest BCUT2D eigenvalue weighted by molar-refractivity contribution is 14.1. The second kappa shape index (κ2) is 11.4. The monoisotopic (exact) mass is 605 g/mol. The van der Waals surface area contributed by atoms with Crippen molar-refractivity contribution in [3.05, 3.63) is 74.5 Å². The van der Waals surface area contributed by atoms with Gasteiger partial charge in [0, 0.05) is 26.2 Å². The fourth-order valence-electron chi connectivity index (χ4n) is 2.75. The predicted octanol–water partition coefficient (Wildman–Crippen LogP) is 4.41. The highest BCUT2D eigenvalue weighted by Crippen LogP contribution is 2.34. The lowest BCUT2D eigenvalue weighted by molar-refractivity contribution is 0.0787. The molecule has 28 heavy (non-hydrogen) atoms. The summed E-state index contributed by atoms with van der Waals surface area (Å²) in [6.45, 7) is 18.1. The predicted molar refractivity (Wildman–Crippen MR) is 134 cm³/mol. The van der Waals surface area contributed by atoms with E-state index in [1.54, 1.807) is 41.0 Å². The molecule has 7 heteroatoms. The second-order valence-electron chi connectivity index (χ2n) is 5.99. The zero-order valence-corrected chi connectivity index (χ0v) is 20.3. The topological polar surface area (TPSA) is 66.6 Å². The van der Waals surface area contributed by atoms with Crippen LogP contribution in [0.2, 0.25) is 0 Å². The number of amides is 2. The molecular weight excluding hydrogens is 580 g/mol. The van der Waals surface area contributed by atoms with Crippen molar-refractivity contribution in [2.24, 2.45) is 0 Å². The summed E-state index contributed by atoms with van der Waals surface area (Å²) in [5.41, 5.74) is 8.18. The number of halogens is 2. The lowest BCUT2D eigenvalue weighted by atomic mass is 9.98. The van der Waals surface area contributed by atoms with E-state index < -0.39 is 0 Å². The first-order valence-corrected chi connectivity index (χ1v) is 10.7. The third kappa shape index (κ3) is 5.25. The Hall–Kier alpha value is -1.62. The molecule has 0 aliphatic rings. The van der Waals surface area contributed by atoms with E-state index >= 15 is 0 Å². The van der Waals surface area contributed by atoms with Crippen LogP contribution in [0.15, 0.2) is 50.6 Å². The van der Waals surface area contributed by atoms with Crippen LogP contribution < -0.4 is 5.73 Å². The molecule has 0 saturated carbocycles. The van der Waals surface area contributed by atoms with Crippen molar-refractivity contribution in [1.82, 2.24) is 9.80 Å². The number of nitrogen functional groups attached to an aromatic ring is 1. The van der Waals surface area contributed by atoms with Crippen LogP contribution in [0.25, 0.3) is 0 Å². The Kier molecular flexibility index (Phi) is 9.94. The molecule has 1 rings (SSSR count). The van der Waals surface area contributed by atoms with E-state index in [0.717, 1.165) is 0 Å². The third-order valence-electron chi connectivity index (χ3n) is 4.06. The third-order valence-corrected chi connectivity index (χ3v) is 6.30. The Bertz CT molecular complexity index is 735. The smallest absolute Gasteiger partial charge is 0.255 e. The molecule has 0 aliphatic carbocycles. The molecule has 0 bridgehead atoms. The van der Waals surface area contributed by atoms with Crippen molar-refractivity contribution in [3.8, 4) is 0 Å². The summed E-state index contributed by atoms with van der Waals surface area (Å²) in [6.07, 6.45) is 6.62. The molecule has 0 spiro atoms. The standard InChI is InChI=1S/C21H25I2N3O2/c1-6-10-25(11-7-2)20(27)15-14(5)16(18(23)19(24)17(15)22)21(28)26(12-8-3)13-9-4/h6-9H,1-4,10-13,24H2,5H3. The van der Waals surface area contributed by atoms with Crippen LogP contribution in [0.5, 0.6) is 0 Å². The van der Waals surface area contributed by atoms with E-state index in [0.29, 0.717) is 55.7 Å². The molecule has 0 atom stereocenters. The summed E-state index contributed by atoms with van der Waals surface area (Å²) in [4.78, 5) is 29.7. The Morgan fingerprint density at radius 3 is 1.36 bits per heavy atom. The van der Waals surface area contributed by atoms with Gasteiger partial charge in [0.05, 0.1) is 24.0 Å². The normalized spacial score (nSPS) is 10.1. The van der Waals surface area contributed by atoms with E-state index in [2.05, 4.69) is 71.5 Å². The Balaban J connectivity index is 3.65. The Morgan fingerprint density at radius 1 is 0.821 bits per heavy atom. The summed E-state index contributed by atoms with van der Waals surface area (Å²) in [5, 5.41) is 0. The summed E-state index contributed by atoms with van der Waals surface area (Å²) in [7, 11) is 0. The minimum absolute atomic E-state index is 0.210. The van der Waals surface area contributed by atoms with Gasteiger partial charge in [-0.1, -0.05) is 24.3 Å². The number of anilines is 1. The van der Waals surface area contributed by atoms with Crippen LogP contribution in [-0.4, -0.2) is 47.8 Å². The first kappa shape index (κ1) is 24.4. The van der Waals surface area contributed by atoms with Gasteiger partial charge in [-0.3, -0.25) is 9.59 Å². The number of carbonyl (C=O) groups is 2. The maximum atomic E-state index is 13.2. The van der Waals surface area contributed by atoms with E-state index in [-0.39, 0.29) is 11.8 Å². The molecule has 0 aromatic heterocycles. The number of benzene rings is 1. The summed E-state index contributed by atoms with van der Waals surface area (Å²) in [5.74, 6) is -0.421. The molecule has 2 amide bonds. The molecule has 150 valence electrons. The maximum absolute atomic E-state index is 13.2. The lowest BCUT2D eigenvalue weighted by Gasteiger charge is -2.26. The Labute approximate surface area is 194 Å². The van der Waals surface area contributed by atoms with Crippen LogP contribution in [0.3, 0.4) is 0 Å². The van der Waals surface area contributed by atoms with Crippen molar-refractivity contribution in [2.45, 2.75) is 6.92 Å². The molecular formula is C21H25I2N3O2. The van der Waals surface area contributed by atoms with Crippen LogP contribution >= 0.6 is 45.2 Å². The molecule has 0 fully saturated rings. The molecule has 5 nitrogen and oxygen atoms in total. The second-order valence-corrected chi connectivity index (χ2v) is 8.15. The van der Waals surface area contributed by atoms with Gasteiger partial charge >= 0.3 is 0 Å². The highest BCUT2D eigenvalue weighted by Gasteiger charge is 2.29.